The number of non-ortho nitro benzene ring substituents is 1. The highest BCUT2D eigenvalue weighted by Crippen LogP contribution is 2.29. The summed E-state index contributed by atoms with van der Waals surface area (Å²) in [7, 11) is -3.86. The molecule has 0 aromatic heterocycles. The number of carbonyl (C=O) groups excluding carboxylic acids is 1. The van der Waals surface area contributed by atoms with Crippen molar-refractivity contribution in [2.45, 2.75) is 24.7 Å². The van der Waals surface area contributed by atoms with Gasteiger partial charge >= 0.3 is 0 Å². The molecular formula is C23H28N4O5S. The van der Waals surface area contributed by atoms with Crippen LogP contribution in [-0.4, -0.2) is 67.7 Å². The third-order valence-electron chi connectivity index (χ3n) is 6.52. The largest absolute Gasteiger partial charge is 0.368 e. The van der Waals surface area contributed by atoms with Crippen molar-refractivity contribution in [3.63, 3.8) is 0 Å². The molecule has 1 amide bonds. The Kier molecular flexibility index (Phi) is 6.66. The van der Waals surface area contributed by atoms with E-state index in [4.69, 9.17) is 0 Å². The maximum Gasteiger partial charge on any atom is 0.270 e. The fourth-order valence-electron chi connectivity index (χ4n) is 4.54. The second kappa shape index (κ2) is 9.48. The van der Waals surface area contributed by atoms with Gasteiger partial charge in [0.2, 0.25) is 15.9 Å². The summed E-state index contributed by atoms with van der Waals surface area (Å²) in [6.45, 7) is 4.93. The van der Waals surface area contributed by atoms with Crippen molar-refractivity contribution in [3.8, 4) is 0 Å². The lowest BCUT2D eigenvalue weighted by atomic mass is 9.96. The third kappa shape index (κ3) is 4.86. The van der Waals surface area contributed by atoms with Crippen molar-refractivity contribution in [2.75, 3.05) is 44.2 Å². The number of sulfonamides is 1. The van der Waals surface area contributed by atoms with Gasteiger partial charge in [0.05, 0.1) is 9.82 Å². The van der Waals surface area contributed by atoms with E-state index in [0.717, 1.165) is 24.8 Å². The molecule has 0 unspecified atom stereocenters. The molecule has 0 radical (unpaired) electrons. The van der Waals surface area contributed by atoms with Crippen molar-refractivity contribution < 1.29 is 18.1 Å². The average molecular weight is 473 g/mol. The first-order chi connectivity index (χ1) is 15.8. The van der Waals surface area contributed by atoms with Gasteiger partial charge in [0.1, 0.15) is 0 Å². The zero-order valence-corrected chi connectivity index (χ0v) is 19.4. The van der Waals surface area contributed by atoms with Crippen LogP contribution in [0.2, 0.25) is 0 Å². The number of carbonyl (C=O) groups is 1. The van der Waals surface area contributed by atoms with Gasteiger partial charge in [0, 0.05) is 63.0 Å². The molecule has 0 saturated carbocycles. The minimum Gasteiger partial charge on any atom is -0.368 e. The number of nitro groups is 1. The van der Waals surface area contributed by atoms with E-state index < -0.39 is 14.9 Å². The summed E-state index contributed by atoms with van der Waals surface area (Å²) >= 11 is 0. The number of benzene rings is 2. The van der Waals surface area contributed by atoms with Crippen LogP contribution in [0.15, 0.2) is 53.4 Å². The number of para-hydroxylation sites is 1. The molecule has 2 aliphatic rings. The normalized spacial score (nSPS) is 18.3. The van der Waals surface area contributed by atoms with Crippen LogP contribution in [0.4, 0.5) is 11.4 Å². The van der Waals surface area contributed by atoms with Gasteiger partial charge in [0.15, 0.2) is 0 Å². The SMILES string of the molecule is Cc1ccc([N+](=O)[O-])cc1S(=O)(=O)N1CCC(C(=O)N2CCN(c3ccccc3)CC2)CC1. The first-order valence-electron chi connectivity index (χ1n) is 11.1. The molecule has 4 rings (SSSR count). The second-order valence-electron chi connectivity index (χ2n) is 8.53. The summed E-state index contributed by atoms with van der Waals surface area (Å²) in [4.78, 5) is 27.7. The van der Waals surface area contributed by atoms with Crippen LogP contribution < -0.4 is 4.90 Å². The lowest BCUT2D eigenvalue weighted by Crippen LogP contribution is -2.52. The predicted molar refractivity (Wildman–Crippen MR) is 125 cm³/mol. The van der Waals surface area contributed by atoms with Gasteiger partial charge in [-0.2, -0.15) is 4.31 Å². The first kappa shape index (κ1) is 23.2. The van der Waals surface area contributed by atoms with Crippen LogP contribution >= 0.6 is 0 Å². The summed E-state index contributed by atoms with van der Waals surface area (Å²) in [5.74, 6) is -0.114. The fraction of sp³-hybridized carbons (Fsp3) is 0.435. The Morgan fingerprint density at radius 2 is 1.61 bits per heavy atom. The number of rotatable bonds is 5. The number of nitrogens with zero attached hydrogens (tertiary/aromatic N) is 4. The lowest BCUT2D eigenvalue weighted by Gasteiger charge is -2.39. The number of amides is 1. The fourth-order valence-corrected chi connectivity index (χ4v) is 6.26. The van der Waals surface area contributed by atoms with Gasteiger partial charge in [0.25, 0.3) is 5.69 Å². The Labute approximate surface area is 193 Å². The van der Waals surface area contributed by atoms with E-state index in [1.807, 2.05) is 23.1 Å². The Morgan fingerprint density at radius 1 is 0.970 bits per heavy atom. The van der Waals surface area contributed by atoms with Crippen LogP contribution in [0.25, 0.3) is 0 Å². The molecule has 2 aromatic rings. The van der Waals surface area contributed by atoms with Gasteiger partial charge in [-0.05, 0) is 37.5 Å². The van der Waals surface area contributed by atoms with E-state index in [1.165, 1.54) is 16.4 Å². The van der Waals surface area contributed by atoms with Crippen LogP contribution in [-0.2, 0) is 14.8 Å². The van der Waals surface area contributed by atoms with Gasteiger partial charge in [-0.15, -0.1) is 0 Å². The van der Waals surface area contributed by atoms with Crippen molar-refractivity contribution >= 4 is 27.3 Å². The number of hydrogen-bond acceptors (Lipinski definition) is 6. The quantitative estimate of drug-likeness (QED) is 0.490. The van der Waals surface area contributed by atoms with E-state index in [2.05, 4.69) is 17.0 Å². The smallest absolute Gasteiger partial charge is 0.270 e. The molecule has 2 aliphatic heterocycles. The third-order valence-corrected chi connectivity index (χ3v) is 8.56. The lowest BCUT2D eigenvalue weighted by molar-refractivity contribution is -0.385. The van der Waals surface area contributed by atoms with Crippen LogP contribution in [0, 0.1) is 23.0 Å². The minimum atomic E-state index is -3.86. The van der Waals surface area contributed by atoms with E-state index in [1.54, 1.807) is 6.92 Å². The number of aryl methyl sites for hydroxylation is 1. The van der Waals surface area contributed by atoms with Crippen molar-refractivity contribution in [1.29, 1.82) is 0 Å². The Bertz CT molecular complexity index is 1120. The molecule has 2 aromatic carbocycles. The van der Waals surface area contributed by atoms with Crippen molar-refractivity contribution in [2.24, 2.45) is 5.92 Å². The summed E-state index contributed by atoms with van der Waals surface area (Å²) in [5.41, 5.74) is 1.37. The molecule has 2 saturated heterocycles. The Balaban J connectivity index is 1.36. The van der Waals surface area contributed by atoms with Crippen LogP contribution in [0.1, 0.15) is 18.4 Å². The summed E-state index contributed by atoms with van der Waals surface area (Å²) in [5, 5.41) is 11.1. The number of piperazine rings is 1. The monoisotopic (exact) mass is 472 g/mol. The highest BCUT2D eigenvalue weighted by atomic mass is 32.2. The highest BCUT2D eigenvalue weighted by Gasteiger charge is 2.35. The number of piperidine rings is 1. The van der Waals surface area contributed by atoms with Crippen LogP contribution in [0.5, 0.6) is 0 Å². The maximum atomic E-state index is 13.1. The molecule has 176 valence electrons. The summed E-state index contributed by atoms with van der Waals surface area (Å²) < 4.78 is 27.6. The molecule has 9 nitrogen and oxygen atoms in total. The second-order valence-corrected chi connectivity index (χ2v) is 10.4. The number of hydrogen-bond donors (Lipinski definition) is 0. The van der Waals surface area contributed by atoms with Gasteiger partial charge < -0.3 is 9.80 Å². The maximum absolute atomic E-state index is 13.1. The molecule has 10 heteroatoms. The van der Waals surface area contributed by atoms with Crippen molar-refractivity contribution in [1.82, 2.24) is 9.21 Å². The predicted octanol–water partition coefficient (Wildman–Crippen LogP) is 2.65. The molecule has 2 fully saturated rings. The minimum absolute atomic E-state index is 0.0430. The van der Waals surface area contributed by atoms with E-state index in [-0.39, 0.29) is 35.5 Å². The molecule has 0 atom stereocenters. The van der Waals surface area contributed by atoms with E-state index in [9.17, 15) is 23.3 Å². The van der Waals surface area contributed by atoms with E-state index in [0.29, 0.717) is 31.5 Å². The molecule has 0 spiro atoms. The van der Waals surface area contributed by atoms with E-state index >= 15 is 0 Å². The molecule has 0 N–H and O–H groups in total. The average Bonchev–Trinajstić information content (AvgIpc) is 2.84. The standard InChI is InChI=1S/C23H28N4O5S/c1-18-7-8-21(27(29)30)17-22(18)33(31,32)26-11-9-19(10-12-26)23(28)25-15-13-24(14-16-25)20-5-3-2-4-6-20/h2-8,17,19H,9-16H2,1H3. The molecule has 0 aliphatic carbocycles. The number of nitro benzene ring substituents is 1. The zero-order chi connectivity index (χ0) is 23.6. The topological polar surface area (TPSA) is 104 Å². The summed E-state index contributed by atoms with van der Waals surface area (Å²) in [6, 6.07) is 14.0. The Morgan fingerprint density at radius 3 is 2.21 bits per heavy atom. The van der Waals surface area contributed by atoms with Crippen molar-refractivity contribution in [3.05, 3.63) is 64.2 Å². The summed E-state index contributed by atoms with van der Waals surface area (Å²) in [6.07, 6.45) is 0.899. The van der Waals surface area contributed by atoms with Gasteiger partial charge in [-0.3, -0.25) is 14.9 Å². The molecule has 0 bridgehead atoms. The van der Waals surface area contributed by atoms with Gasteiger partial charge in [-0.25, -0.2) is 8.42 Å². The molecule has 33 heavy (non-hydrogen) atoms. The Hall–Kier alpha value is -2.98. The number of anilines is 1. The molecular weight excluding hydrogens is 444 g/mol. The van der Waals surface area contributed by atoms with Crippen LogP contribution in [0.3, 0.4) is 0 Å². The first-order valence-corrected chi connectivity index (χ1v) is 12.6. The van der Waals surface area contributed by atoms with Gasteiger partial charge in [-0.1, -0.05) is 24.3 Å². The highest BCUT2D eigenvalue weighted by molar-refractivity contribution is 7.89. The molecule has 2 heterocycles. The zero-order valence-electron chi connectivity index (χ0n) is 18.6.